The highest BCUT2D eigenvalue weighted by molar-refractivity contribution is 7.12. The third-order valence-corrected chi connectivity index (χ3v) is 3.69. The third-order valence-electron chi connectivity index (χ3n) is 2.75. The van der Waals surface area contributed by atoms with Crippen LogP contribution in [0.25, 0.3) is 12.2 Å². The molecule has 0 N–H and O–H groups in total. The molecule has 0 spiro atoms. The van der Waals surface area contributed by atoms with E-state index in [-0.39, 0.29) is 10.7 Å². The Balaban J connectivity index is 2.00. The van der Waals surface area contributed by atoms with E-state index in [0.717, 1.165) is 11.3 Å². The summed E-state index contributed by atoms with van der Waals surface area (Å²) in [6.45, 7) is 1.51. The number of pyridine rings is 1. The van der Waals surface area contributed by atoms with E-state index in [2.05, 4.69) is 9.97 Å². The average Bonchev–Trinajstić information content (AvgIpc) is 2.92. The van der Waals surface area contributed by atoms with Crippen molar-refractivity contribution >= 4 is 29.3 Å². The molecule has 0 bridgehead atoms. The van der Waals surface area contributed by atoms with Crippen molar-refractivity contribution in [2.24, 2.45) is 0 Å². The lowest BCUT2D eigenvalue weighted by Crippen LogP contribution is -2.07. The number of hydrogen-bond acceptors (Lipinski definition) is 4. The van der Waals surface area contributed by atoms with Gasteiger partial charge >= 0.3 is 6.18 Å². The van der Waals surface area contributed by atoms with E-state index in [1.807, 2.05) is 0 Å². The van der Waals surface area contributed by atoms with Gasteiger partial charge in [0, 0.05) is 6.20 Å². The van der Waals surface area contributed by atoms with Crippen LogP contribution in [0.4, 0.5) is 13.2 Å². The zero-order chi connectivity index (χ0) is 17.6. The highest BCUT2D eigenvalue weighted by Gasteiger charge is 2.36. The molecule has 0 aliphatic carbocycles. The maximum absolute atomic E-state index is 12.8. The van der Waals surface area contributed by atoms with Crippen LogP contribution in [0.15, 0.2) is 48.7 Å². The predicted octanol–water partition coefficient (Wildman–Crippen LogP) is 4.72. The van der Waals surface area contributed by atoms with Crippen molar-refractivity contribution in [1.82, 2.24) is 9.97 Å². The lowest BCUT2D eigenvalue weighted by Gasteiger charge is -2.02. The summed E-state index contributed by atoms with van der Waals surface area (Å²) in [5.41, 5.74) is -0.263. The van der Waals surface area contributed by atoms with Gasteiger partial charge in [0.2, 0.25) is 0 Å². The Morgan fingerprint density at radius 3 is 2.62 bits per heavy atom. The van der Waals surface area contributed by atoms with E-state index in [9.17, 15) is 18.0 Å². The molecule has 0 aliphatic rings. The molecule has 24 heavy (non-hydrogen) atoms. The van der Waals surface area contributed by atoms with E-state index in [1.165, 1.54) is 37.3 Å². The van der Waals surface area contributed by atoms with Crippen molar-refractivity contribution in [3.63, 3.8) is 0 Å². The summed E-state index contributed by atoms with van der Waals surface area (Å²) in [4.78, 5) is 19.2. The van der Waals surface area contributed by atoms with Gasteiger partial charge in [-0.1, -0.05) is 18.2 Å². The molecule has 0 aliphatic heterocycles. The highest BCUT2D eigenvalue weighted by Crippen LogP contribution is 2.34. The summed E-state index contributed by atoms with van der Waals surface area (Å²) >= 11 is 0.949. The number of rotatable bonds is 5. The van der Waals surface area contributed by atoms with Gasteiger partial charge in [0.1, 0.15) is 0 Å². The fourth-order valence-corrected chi connectivity index (χ4v) is 2.61. The fourth-order valence-electron chi connectivity index (χ4n) is 1.75. The van der Waals surface area contributed by atoms with Crippen molar-refractivity contribution in [2.75, 3.05) is 0 Å². The molecule has 0 atom stereocenters. The standard InChI is InChI=1S/C17H13F3N2OS/c1-12-22-16(17(18,19)20)15(24-12)8-3-2-7-14(23)10-9-13-6-4-5-11-21-13/h2-11H,1H3/b7-2+,8-3+,10-9+. The van der Waals surface area contributed by atoms with Gasteiger partial charge in [-0.3, -0.25) is 9.78 Å². The summed E-state index contributed by atoms with van der Waals surface area (Å²) in [6.07, 6.45) is 5.34. The smallest absolute Gasteiger partial charge is 0.290 e. The minimum atomic E-state index is -4.49. The van der Waals surface area contributed by atoms with Gasteiger partial charge in [-0.2, -0.15) is 13.2 Å². The molecular formula is C17H13F3N2OS. The summed E-state index contributed by atoms with van der Waals surface area (Å²) in [5, 5.41) is 0.334. The van der Waals surface area contributed by atoms with E-state index < -0.39 is 11.9 Å². The van der Waals surface area contributed by atoms with Crippen LogP contribution in [-0.4, -0.2) is 15.8 Å². The van der Waals surface area contributed by atoms with Crippen molar-refractivity contribution in [1.29, 1.82) is 0 Å². The van der Waals surface area contributed by atoms with Gasteiger partial charge in [-0.05, 0) is 43.4 Å². The molecule has 0 fully saturated rings. The Bertz CT molecular complexity index is 790. The van der Waals surface area contributed by atoms with E-state index in [1.54, 1.807) is 30.5 Å². The highest BCUT2D eigenvalue weighted by atomic mass is 32.1. The predicted molar refractivity (Wildman–Crippen MR) is 88.3 cm³/mol. The average molecular weight is 350 g/mol. The number of carbonyl (C=O) groups excluding carboxylic acids is 1. The molecule has 0 saturated heterocycles. The number of aromatic nitrogens is 2. The quantitative estimate of drug-likeness (QED) is 0.579. The first-order valence-electron chi connectivity index (χ1n) is 6.89. The van der Waals surface area contributed by atoms with Crippen molar-refractivity contribution in [3.05, 3.63) is 70.0 Å². The molecule has 0 saturated carbocycles. The largest absolute Gasteiger partial charge is 0.434 e. The van der Waals surface area contributed by atoms with Crippen LogP contribution < -0.4 is 0 Å². The zero-order valence-electron chi connectivity index (χ0n) is 12.6. The first kappa shape index (κ1) is 17.8. The Labute approximate surface area is 140 Å². The maximum atomic E-state index is 12.8. The molecule has 2 aromatic rings. The second-order valence-electron chi connectivity index (χ2n) is 4.65. The SMILES string of the molecule is Cc1nc(C(F)(F)F)c(/C=C/C=C/C(=O)/C=C/c2ccccn2)s1. The monoisotopic (exact) mass is 350 g/mol. The minimum absolute atomic E-state index is 0.0149. The van der Waals surface area contributed by atoms with Crippen LogP contribution in [0.3, 0.4) is 0 Å². The minimum Gasteiger partial charge on any atom is -0.290 e. The second kappa shape index (κ2) is 7.83. The van der Waals surface area contributed by atoms with E-state index >= 15 is 0 Å². The molecule has 0 radical (unpaired) electrons. The second-order valence-corrected chi connectivity index (χ2v) is 5.89. The summed E-state index contributed by atoms with van der Waals surface area (Å²) < 4.78 is 38.4. The molecule has 0 aromatic carbocycles. The molecule has 0 unspecified atom stereocenters. The Kier molecular flexibility index (Phi) is 5.81. The van der Waals surface area contributed by atoms with Gasteiger partial charge in [-0.25, -0.2) is 4.98 Å². The summed E-state index contributed by atoms with van der Waals surface area (Å²) in [6, 6.07) is 5.31. The molecule has 7 heteroatoms. The van der Waals surface area contributed by atoms with Crippen LogP contribution in [0.1, 0.15) is 21.3 Å². The number of ketones is 1. The van der Waals surface area contributed by atoms with Crippen LogP contribution in [0.2, 0.25) is 0 Å². The van der Waals surface area contributed by atoms with Crippen molar-refractivity contribution < 1.29 is 18.0 Å². The van der Waals surface area contributed by atoms with Gasteiger partial charge in [0.15, 0.2) is 11.5 Å². The normalized spacial score (nSPS) is 12.7. The third kappa shape index (κ3) is 5.27. The van der Waals surface area contributed by atoms with Gasteiger partial charge in [-0.15, -0.1) is 11.3 Å². The number of halogens is 3. The molecule has 3 nitrogen and oxygen atoms in total. The van der Waals surface area contributed by atoms with Crippen LogP contribution in [-0.2, 0) is 11.0 Å². The summed E-state index contributed by atoms with van der Waals surface area (Å²) in [5.74, 6) is -0.290. The molecule has 2 aromatic heterocycles. The lowest BCUT2D eigenvalue weighted by molar-refractivity contribution is -0.140. The van der Waals surface area contributed by atoms with Gasteiger partial charge in [0.25, 0.3) is 0 Å². The van der Waals surface area contributed by atoms with Gasteiger partial charge < -0.3 is 0 Å². The fraction of sp³-hybridized carbons (Fsp3) is 0.118. The Morgan fingerprint density at radius 2 is 1.96 bits per heavy atom. The number of nitrogens with zero attached hydrogens (tertiary/aromatic N) is 2. The van der Waals surface area contributed by atoms with Crippen LogP contribution in [0, 0.1) is 6.92 Å². The lowest BCUT2D eigenvalue weighted by atomic mass is 10.2. The Hall–Kier alpha value is -2.54. The number of allylic oxidation sites excluding steroid dienone is 4. The molecular weight excluding hydrogens is 337 g/mol. The number of thiazole rings is 1. The number of hydrogen-bond donors (Lipinski definition) is 0. The van der Waals surface area contributed by atoms with Crippen LogP contribution in [0.5, 0.6) is 0 Å². The first-order valence-corrected chi connectivity index (χ1v) is 7.70. The van der Waals surface area contributed by atoms with E-state index in [0.29, 0.717) is 10.7 Å². The summed E-state index contributed by atoms with van der Waals surface area (Å²) in [7, 11) is 0. The molecule has 2 rings (SSSR count). The van der Waals surface area contributed by atoms with Crippen molar-refractivity contribution in [3.8, 4) is 0 Å². The molecule has 124 valence electrons. The first-order chi connectivity index (χ1) is 11.4. The number of carbonyl (C=O) groups is 1. The van der Waals surface area contributed by atoms with Crippen LogP contribution >= 0.6 is 11.3 Å². The maximum Gasteiger partial charge on any atom is 0.434 e. The number of alkyl halides is 3. The Morgan fingerprint density at radius 1 is 1.17 bits per heavy atom. The topological polar surface area (TPSA) is 42.9 Å². The van der Waals surface area contributed by atoms with Crippen molar-refractivity contribution in [2.45, 2.75) is 13.1 Å². The zero-order valence-corrected chi connectivity index (χ0v) is 13.4. The van der Waals surface area contributed by atoms with Gasteiger partial charge in [0.05, 0.1) is 15.6 Å². The van der Waals surface area contributed by atoms with E-state index in [4.69, 9.17) is 0 Å². The molecule has 2 heterocycles. The number of aryl methyl sites for hydroxylation is 1. The molecule has 0 amide bonds.